The van der Waals surface area contributed by atoms with Crippen LogP contribution >= 0.6 is 15.9 Å². The third kappa shape index (κ3) is 2.75. The van der Waals surface area contributed by atoms with E-state index in [1.807, 2.05) is 45.9 Å². The highest BCUT2D eigenvalue weighted by Gasteiger charge is 2.53. The summed E-state index contributed by atoms with van der Waals surface area (Å²) < 4.78 is 32.3. The Morgan fingerprint density at radius 3 is 2.41 bits per heavy atom. The van der Waals surface area contributed by atoms with Crippen molar-refractivity contribution in [3.05, 3.63) is 40.2 Å². The summed E-state index contributed by atoms with van der Waals surface area (Å²) in [5.41, 5.74) is -0.934. The molecule has 1 aliphatic heterocycles. The van der Waals surface area contributed by atoms with Crippen molar-refractivity contribution in [3.8, 4) is 0 Å². The summed E-state index contributed by atoms with van der Waals surface area (Å²) >= 11 is 3.40. The van der Waals surface area contributed by atoms with Gasteiger partial charge < -0.3 is 13.7 Å². The number of rotatable bonds is 2. The largest absolute Gasteiger partial charge is 0.525 e. The van der Waals surface area contributed by atoms with Gasteiger partial charge in [-0.3, -0.25) is 0 Å². The predicted octanol–water partition coefficient (Wildman–Crippen LogP) is 5.14. The number of halogens is 2. The van der Waals surface area contributed by atoms with Gasteiger partial charge in [-0.2, -0.15) is 0 Å². The SMILES string of the molecule is CC1(C)OB(C(F)=Cc2cc3cc(Br)ccc3o2)OC1(C)C. The zero-order valence-electron chi connectivity index (χ0n) is 12.9. The Hall–Kier alpha value is -1.11. The van der Waals surface area contributed by atoms with Crippen molar-refractivity contribution in [1.82, 2.24) is 0 Å². The molecule has 1 aromatic heterocycles. The van der Waals surface area contributed by atoms with E-state index in [0.29, 0.717) is 11.3 Å². The zero-order valence-corrected chi connectivity index (χ0v) is 14.5. The average molecular weight is 367 g/mol. The van der Waals surface area contributed by atoms with Crippen molar-refractivity contribution in [2.24, 2.45) is 0 Å². The molecule has 0 N–H and O–H groups in total. The first-order valence-corrected chi connectivity index (χ1v) is 7.89. The fraction of sp³-hybridized carbons (Fsp3) is 0.375. The predicted molar refractivity (Wildman–Crippen MR) is 89.1 cm³/mol. The van der Waals surface area contributed by atoms with Crippen molar-refractivity contribution in [1.29, 1.82) is 0 Å². The second-order valence-electron chi connectivity index (χ2n) is 6.45. The summed E-state index contributed by atoms with van der Waals surface area (Å²) in [5.74, 6) is 0.431. The molecule has 0 amide bonds. The maximum atomic E-state index is 14.4. The monoisotopic (exact) mass is 366 g/mol. The Labute approximate surface area is 137 Å². The van der Waals surface area contributed by atoms with E-state index in [9.17, 15) is 4.39 Å². The lowest BCUT2D eigenvalue weighted by atomic mass is 9.87. The number of hydrogen-bond donors (Lipinski definition) is 0. The second kappa shape index (κ2) is 5.22. The molecule has 0 atom stereocenters. The van der Waals surface area contributed by atoms with E-state index in [2.05, 4.69) is 15.9 Å². The molecule has 0 saturated carbocycles. The van der Waals surface area contributed by atoms with E-state index < -0.39 is 24.0 Å². The Morgan fingerprint density at radius 1 is 1.14 bits per heavy atom. The fourth-order valence-electron chi connectivity index (χ4n) is 2.27. The highest BCUT2D eigenvalue weighted by atomic mass is 79.9. The topological polar surface area (TPSA) is 31.6 Å². The maximum Gasteiger partial charge on any atom is 0.525 e. The van der Waals surface area contributed by atoms with E-state index in [1.165, 1.54) is 6.08 Å². The lowest BCUT2D eigenvalue weighted by molar-refractivity contribution is 0.00578. The minimum Gasteiger partial charge on any atom is -0.457 e. The molecule has 6 heteroatoms. The van der Waals surface area contributed by atoms with Gasteiger partial charge in [0.2, 0.25) is 0 Å². The molecule has 0 bridgehead atoms. The van der Waals surface area contributed by atoms with Gasteiger partial charge in [-0.1, -0.05) is 15.9 Å². The van der Waals surface area contributed by atoms with Gasteiger partial charge in [0, 0.05) is 15.9 Å². The normalized spacial score (nSPS) is 20.8. The molecule has 22 heavy (non-hydrogen) atoms. The van der Waals surface area contributed by atoms with Crippen LogP contribution in [0.15, 0.2) is 38.9 Å². The standard InChI is InChI=1S/C16H17BBrFO3/c1-15(2)16(3,4)22-17(21-15)14(19)9-12-8-10-7-11(18)5-6-13(10)20-12/h5-9H,1-4H3. The van der Waals surface area contributed by atoms with Gasteiger partial charge in [-0.05, 0) is 52.0 Å². The van der Waals surface area contributed by atoms with Gasteiger partial charge in [0.05, 0.1) is 11.2 Å². The fourth-order valence-corrected chi connectivity index (χ4v) is 2.64. The van der Waals surface area contributed by atoms with E-state index in [0.717, 1.165) is 9.86 Å². The van der Waals surface area contributed by atoms with Crippen LogP contribution in [0.3, 0.4) is 0 Å². The Morgan fingerprint density at radius 2 is 1.77 bits per heavy atom. The van der Waals surface area contributed by atoms with Crippen LogP contribution in [0.2, 0.25) is 0 Å². The summed E-state index contributed by atoms with van der Waals surface area (Å²) in [6, 6.07) is 7.42. The van der Waals surface area contributed by atoms with Crippen molar-refractivity contribution < 1.29 is 18.1 Å². The Bertz CT molecular complexity index is 735. The second-order valence-corrected chi connectivity index (χ2v) is 7.36. The molecule has 1 aromatic carbocycles. The van der Waals surface area contributed by atoms with Crippen molar-refractivity contribution >= 4 is 40.1 Å². The zero-order chi connectivity index (χ0) is 16.1. The van der Waals surface area contributed by atoms with Crippen LogP contribution in [0, 0.1) is 0 Å². The average Bonchev–Trinajstić information content (AvgIpc) is 2.87. The molecule has 2 heterocycles. The molecule has 3 nitrogen and oxygen atoms in total. The number of fused-ring (bicyclic) bond motifs is 1. The summed E-state index contributed by atoms with van der Waals surface area (Å²) in [6.45, 7) is 7.55. The van der Waals surface area contributed by atoms with Gasteiger partial charge in [-0.25, -0.2) is 4.39 Å². The van der Waals surface area contributed by atoms with Crippen LogP contribution in [0.4, 0.5) is 4.39 Å². The third-order valence-corrected chi connectivity index (χ3v) is 4.75. The van der Waals surface area contributed by atoms with E-state index in [-0.39, 0.29) is 0 Å². The van der Waals surface area contributed by atoms with E-state index >= 15 is 0 Å². The Balaban J connectivity index is 1.88. The molecule has 0 spiro atoms. The van der Waals surface area contributed by atoms with Crippen molar-refractivity contribution in [3.63, 3.8) is 0 Å². The molecular weight excluding hydrogens is 350 g/mol. The summed E-state index contributed by atoms with van der Waals surface area (Å²) in [5, 5.41) is 0.905. The molecule has 1 fully saturated rings. The van der Waals surface area contributed by atoms with Crippen LogP contribution in [0.1, 0.15) is 33.5 Å². The quantitative estimate of drug-likeness (QED) is 0.690. The highest BCUT2D eigenvalue weighted by Crippen LogP contribution is 2.39. The smallest absolute Gasteiger partial charge is 0.457 e. The van der Waals surface area contributed by atoms with Crippen molar-refractivity contribution in [2.45, 2.75) is 38.9 Å². The highest BCUT2D eigenvalue weighted by molar-refractivity contribution is 9.10. The lowest BCUT2D eigenvalue weighted by Gasteiger charge is -2.32. The molecule has 2 aromatic rings. The number of hydrogen-bond acceptors (Lipinski definition) is 3. The number of benzene rings is 1. The maximum absolute atomic E-state index is 14.4. The first-order chi connectivity index (χ1) is 10.2. The van der Waals surface area contributed by atoms with Crippen LogP contribution in [0.5, 0.6) is 0 Å². The summed E-state index contributed by atoms with van der Waals surface area (Å²) in [7, 11) is -1.01. The molecule has 1 aliphatic rings. The van der Waals surface area contributed by atoms with Crippen LogP contribution in [-0.2, 0) is 9.31 Å². The third-order valence-electron chi connectivity index (χ3n) is 4.26. The molecule has 1 saturated heterocycles. The lowest BCUT2D eigenvalue weighted by Crippen LogP contribution is -2.41. The van der Waals surface area contributed by atoms with Gasteiger partial charge in [-0.15, -0.1) is 0 Å². The van der Waals surface area contributed by atoms with Crippen LogP contribution in [0.25, 0.3) is 17.0 Å². The molecule has 3 rings (SSSR count). The van der Waals surface area contributed by atoms with Crippen LogP contribution in [-0.4, -0.2) is 18.3 Å². The molecule has 116 valence electrons. The molecule has 0 unspecified atom stereocenters. The molecule has 0 radical (unpaired) electrons. The van der Waals surface area contributed by atoms with Gasteiger partial charge >= 0.3 is 7.12 Å². The van der Waals surface area contributed by atoms with Gasteiger partial charge in [0.1, 0.15) is 17.1 Å². The molecular formula is C16H17BBrFO3. The summed E-state index contributed by atoms with van der Waals surface area (Å²) in [6.07, 6.45) is 1.32. The summed E-state index contributed by atoms with van der Waals surface area (Å²) in [4.78, 5) is 0. The van der Waals surface area contributed by atoms with E-state index in [1.54, 1.807) is 6.07 Å². The van der Waals surface area contributed by atoms with E-state index in [4.69, 9.17) is 13.7 Å². The van der Waals surface area contributed by atoms with Crippen molar-refractivity contribution in [2.75, 3.05) is 0 Å². The van der Waals surface area contributed by atoms with Gasteiger partial charge in [0.15, 0.2) is 0 Å². The minimum absolute atomic E-state index is 0.431. The van der Waals surface area contributed by atoms with Crippen LogP contribution < -0.4 is 0 Å². The molecule has 0 aliphatic carbocycles. The first-order valence-electron chi connectivity index (χ1n) is 7.10. The Kier molecular flexibility index (Phi) is 3.74. The number of furan rings is 1. The van der Waals surface area contributed by atoms with Gasteiger partial charge in [0.25, 0.3) is 0 Å². The first kappa shape index (κ1) is 15.8. The minimum atomic E-state index is -1.01.